The first-order valence-electron chi connectivity index (χ1n) is 6.90. The molecule has 1 N–H and O–H groups in total. The molecule has 2 heterocycles. The summed E-state index contributed by atoms with van der Waals surface area (Å²) in [6.07, 6.45) is 3.07. The van der Waals surface area contributed by atoms with Crippen molar-refractivity contribution in [2.45, 2.75) is 31.3 Å². The molecule has 0 bridgehead atoms. The lowest BCUT2D eigenvalue weighted by Gasteiger charge is -2.39. The molecule has 0 saturated carbocycles. The lowest BCUT2D eigenvalue weighted by atomic mass is 10.0. The molecule has 2 unspecified atom stereocenters. The van der Waals surface area contributed by atoms with Crippen LogP contribution in [0.4, 0.5) is 0 Å². The van der Waals surface area contributed by atoms with E-state index >= 15 is 0 Å². The van der Waals surface area contributed by atoms with E-state index in [1.165, 1.54) is 21.0 Å². The molecule has 2 atom stereocenters. The number of carboxylic acid groups (broad SMARTS) is 1. The number of hydrogen-bond donors (Lipinski definition) is 1. The van der Waals surface area contributed by atoms with Gasteiger partial charge in [0.05, 0.1) is 6.26 Å². The quantitative estimate of drug-likeness (QED) is 0.769. The van der Waals surface area contributed by atoms with E-state index in [1.54, 1.807) is 0 Å². The van der Waals surface area contributed by atoms with Crippen molar-refractivity contribution < 1.29 is 23.1 Å². The number of rotatable bonds is 3. The summed E-state index contributed by atoms with van der Waals surface area (Å²) in [5.74, 6) is -0.363. The van der Waals surface area contributed by atoms with E-state index in [9.17, 15) is 23.1 Å². The van der Waals surface area contributed by atoms with Gasteiger partial charge in [0.2, 0.25) is 15.9 Å². The Morgan fingerprint density at radius 2 is 1.90 bits per heavy atom. The van der Waals surface area contributed by atoms with Gasteiger partial charge in [0.15, 0.2) is 0 Å². The molecule has 0 aromatic heterocycles. The highest BCUT2D eigenvalue weighted by Crippen LogP contribution is 2.25. The number of nitrogens with zero attached hydrogens (tertiary/aromatic N) is 2. The smallest absolute Gasteiger partial charge is 0.327 e. The molecule has 1 amide bonds. The third-order valence-corrected chi connectivity index (χ3v) is 6.17. The van der Waals surface area contributed by atoms with Crippen LogP contribution in [0.1, 0.15) is 19.3 Å². The third-order valence-electron chi connectivity index (χ3n) is 3.86. The van der Waals surface area contributed by atoms with E-state index in [1.807, 2.05) is 0 Å². The van der Waals surface area contributed by atoms with Crippen molar-refractivity contribution in [1.29, 1.82) is 0 Å². The van der Waals surface area contributed by atoms with Gasteiger partial charge in [-0.2, -0.15) is 16.1 Å². The normalized spacial score (nSPS) is 28.3. The van der Waals surface area contributed by atoms with Crippen LogP contribution in [0.5, 0.6) is 0 Å². The van der Waals surface area contributed by atoms with Crippen molar-refractivity contribution in [3.63, 3.8) is 0 Å². The zero-order valence-corrected chi connectivity index (χ0v) is 13.5. The first-order chi connectivity index (χ1) is 9.82. The van der Waals surface area contributed by atoms with Gasteiger partial charge >= 0.3 is 5.97 Å². The second kappa shape index (κ2) is 6.53. The molecular formula is C12H20N2O5S2. The number of carbonyl (C=O) groups excluding carboxylic acids is 1. The average Bonchev–Trinajstić information content (AvgIpc) is 2.45. The Morgan fingerprint density at radius 1 is 1.19 bits per heavy atom. The lowest BCUT2D eigenvalue weighted by molar-refractivity contribution is -0.151. The minimum atomic E-state index is -3.46. The highest BCUT2D eigenvalue weighted by Gasteiger charge is 2.41. The number of amides is 1. The Balaban J connectivity index is 2.21. The lowest BCUT2D eigenvalue weighted by Crippen LogP contribution is -2.58. The minimum Gasteiger partial charge on any atom is -0.480 e. The first kappa shape index (κ1) is 16.6. The Morgan fingerprint density at radius 3 is 2.52 bits per heavy atom. The summed E-state index contributed by atoms with van der Waals surface area (Å²) in [7, 11) is -3.46. The maximum Gasteiger partial charge on any atom is 0.327 e. The molecular weight excluding hydrogens is 316 g/mol. The first-order valence-corrected chi connectivity index (χ1v) is 9.90. The maximum atomic E-state index is 12.7. The van der Waals surface area contributed by atoms with E-state index in [0.29, 0.717) is 31.0 Å². The second-order valence-electron chi connectivity index (χ2n) is 5.35. The maximum absolute atomic E-state index is 12.7. The van der Waals surface area contributed by atoms with Gasteiger partial charge in [0.25, 0.3) is 0 Å². The van der Waals surface area contributed by atoms with Crippen molar-refractivity contribution in [2.75, 3.05) is 30.9 Å². The van der Waals surface area contributed by atoms with E-state index in [4.69, 9.17) is 0 Å². The average molecular weight is 336 g/mol. The minimum absolute atomic E-state index is 0.329. The second-order valence-corrected chi connectivity index (χ2v) is 8.43. The largest absolute Gasteiger partial charge is 0.480 e. The molecule has 2 fully saturated rings. The monoisotopic (exact) mass is 336 g/mol. The molecule has 0 radical (unpaired) electrons. The number of carbonyl (C=O) groups is 2. The number of sulfonamides is 1. The van der Waals surface area contributed by atoms with Crippen LogP contribution >= 0.6 is 11.8 Å². The Hall–Kier alpha value is -0.800. The van der Waals surface area contributed by atoms with Crippen LogP contribution in [0.3, 0.4) is 0 Å². The standard InChI is InChI=1S/C12H20N2O5S2/c1-21(18,19)14-5-3-2-4-9(14)11(15)13-6-7-20-8-10(13)12(16)17/h9-10H,2-8H2,1H3,(H,16,17). The molecule has 0 spiro atoms. The van der Waals surface area contributed by atoms with Gasteiger partial charge in [-0.3, -0.25) is 4.79 Å². The topological polar surface area (TPSA) is 95.0 Å². The molecule has 2 aliphatic heterocycles. The van der Waals surface area contributed by atoms with Gasteiger partial charge in [-0.15, -0.1) is 0 Å². The molecule has 7 nitrogen and oxygen atoms in total. The molecule has 0 aliphatic carbocycles. The SMILES string of the molecule is CS(=O)(=O)N1CCCCC1C(=O)N1CCSCC1C(=O)O. The summed E-state index contributed by atoms with van der Waals surface area (Å²) in [5, 5.41) is 9.24. The summed E-state index contributed by atoms with van der Waals surface area (Å²) in [4.78, 5) is 25.3. The number of hydrogen-bond acceptors (Lipinski definition) is 5. The molecule has 2 saturated heterocycles. The zero-order chi connectivity index (χ0) is 15.6. The van der Waals surface area contributed by atoms with Crippen molar-refractivity contribution >= 4 is 33.7 Å². The van der Waals surface area contributed by atoms with Gasteiger partial charge < -0.3 is 10.0 Å². The van der Waals surface area contributed by atoms with Gasteiger partial charge in [-0.05, 0) is 12.8 Å². The van der Waals surface area contributed by atoms with Crippen LogP contribution in [-0.2, 0) is 19.6 Å². The zero-order valence-electron chi connectivity index (χ0n) is 11.9. The van der Waals surface area contributed by atoms with Gasteiger partial charge in [0.1, 0.15) is 12.1 Å². The summed E-state index contributed by atoms with van der Waals surface area (Å²) in [6, 6.07) is -1.61. The third kappa shape index (κ3) is 3.70. The van der Waals surface area contributed by atoms with Crippen LogP contribution in [0, 0.1) is 0 Å². The highest BCUT2D eigenvalue weighted by molar-refractivity contribution is 7.99. The van der Waals surface area contributed by atoms with E-state index < -0.39 is 28.1 Å². The van der Waals surface area contributed by atoms with Crippen LogP contribution in [-0.4, -0.2) is 77.5 Å². The van der Waals surface area contributed by atoms with Gasteiger partial charge in [0, 0.05) is 24.6 Å². The summed E-state index contributed by atoms with van der Waals surface area (Å²) < 4.78 is 24.9. The molecule has 2 rings (SSSR count). The predicted octanol–water partition coefficient (Wildman–Crippen LogP) is -0.171. The number of piperidine rings is 1. The van der Waals surface area contributed by atoms with Crippen molar-refractivity contribution in [2.24, 2.45) is 0 Å². The number of aliphatic carboxylic acids is 1. The fourth-order valence-electron chi connectivity index (χ4n) is 2.81. The van der Waals surface area contributed by atoms with E-state index in [-0.39, 0.29) is 5.91 Å². The fraction of sp³-hybridized carbons (Fsp3) is 0.833. The van der Waals surface area contributed by atoms with Crippen molar-refractivity contribution in [3.05, 3.63) is 0 Å². The summed E-state index contributed by atoms with van der Waals surface area (Å²) >= 11 is 1.50. The van der Waals surface area contributed by atoms with Crippen LogP contribution in [0.15, 0.2) is 0 Å². The van der Waals surface area contributed by atoms with Gasteiger partial charge in [-0.1, -0.05) is 6.42 Å². The number of thioether (sulfide) groups is 1. The Bertz CT molecular complexity index is 522. The van der Waals surface area contributed by atoms with Gasteiger partial charge in [-0.25, -0.2) is 13.2 Å². The molecule has 9 heteroatoms. The number of carboxylic acids is 1. The summed E-state index contributed by atoms with van der Waals surface area (Å²) in [5.41, 5.74) is 0. The van der Waals surface area contributed by atoms with Crippen molar-refractivity contribution in [1.82, 2.24) is 9.21 Å². The molecule has 120 valence electrons. The highest BCUT2D eigenvalue weighted by atomic mass is 32.2. The predicted molar refractivity (Wildman–Crippen MR) is 79.7 cm³/mol. The van der Waals surface area contributed by atoms with E-state index in [2.05, 4.69) is 0 Å². The van der Waals surface area contributed by atoms with Crippen LogP contribution < -0.4 is 0 Å². The van der Waals surface area contributed by atoms with Crippen LogP contribution in [0.2, 0.25) is 0 Å². The molecule has 2 aliphatic rings. The van der Waals surface area contributed by atoms with Crippen molar-refractivity contribution in [3.8, 4) is 0 Å². The fourth-order valence-corrected chi connectivity index (χ4v) is 4.97. The summed E-state index contributed by atoms with van der Waals surface area (Å²) in [6.45, 7) is 0.685. The molecule has 0 aromatic rings. The van der Waals surface area contributed by atoms with E-state index in [0.717, 1.165) is 19.1 Å². The molecule has 21 heavy (non-hydrogen) atoms. The van der Waals surface area contributed by atoms with Crippen LogP contribution in [0.25, 0.3) is 0 Å². The molecule has 0 aromatic carbocycles. The Kier molecular flexibility index (Phi) is 5.15. The Labute approximate surface area is 128 Å².